The van der Waals surface area contributed by atoms with Crippen molar-refractivity contribution in [3.8, 4) is 0 Å². The molecular weight excluding hydrogens is 524 g/mol. The molecule has 0 aromatic rings. The fraction of sp³-hybridized carbons (Fsp3) is 0.727. The average Bonchev–Trinajstić information content (AvgIpc) is 3.74. The van der Waals surface area contributed by atoms with Crippen molar-refractivity contribution in [3.05, 3.63) is 47.6 Å². The van der Waals surface area contributed by atoms with Crippen LogP contribution in [0.1, 0.15) is 74.1 Å². The quantitative estimate of drug-likeness (QED) is 0.172. The summed E-state index contributed by atoms with van der Waals surface area (Å²) in [6.07, 6.45) is 9.17. The molecule has 0 aliphatic carbocycles. The van der Waals surface area contributed by atoms with Crippen LogP contribution in [0.3, 0.4) is 0 Å². The number of allylic oxidation sites excluding steroid dienone is 3. The van der Waals surface area contributed by atoms with E-state index in [-0.39, 0.29) is 42.0 Å². The highest BCUT2D eigenvalue weighted by atomic mass is 16.6. The molecule has 234 valence electrons. The van der Waals surface area contributed by atoms with Crippen LogP contribution in [0.4, 0.5) is 0 Å². The molecule has 0 spiro atoms. The molecule has 1 saturated heterocycles. The Hall–Kier alpha value is -1.81. The minimum atomic E-state index is -0.738. The molecule has 2 aliphatic heterocycles. The molecule has 0 bridgehead atoms. The number of fused-ring (bicyclic) bond motifs is 1. The molecule has 41 heavy (non-hydrogen) atoms. The Morgan fingerprint density at radius 3 is 2.29 bits per heavy atom. The third-order valence-corrected chi connectivity index (χ3v) is 8.76. The second-order valence-corrected chi connectivity index (χ2v) is 12.2. The Kier molecular flexibility index (Phi) is 14.4. The van der Waals surface area contributed by atoms with Crippen molar-refractivity contribution in [2.24, 2.45) is 23.7 Å². The number of hydrogen-bond acceptors (Lipinski definition) is 8. The van der Waals surface area contributed by atoms with Gasteiger partial charge in [0.15, 0.2) is 0 Å². The lowest BCUT2D eigenvalue weighted by atomic mass is 9.85. The third kappa shape index (κ3) is 10.8. The Morgan fingerprint density at radius 1 is 1.00 bits per heavy atom. The first kappa shape index (κ1) is 35.4. The Balaban J connectivity index is 2.06. The number of carbonyl (C=O) groups excluding carboxylic acids is 1. The van der Waals surface area contributed by atoms with E-state index >= 15 is 0 Å². The van der Waals surface area contributed by atoms with Gasteiger partial charge >= 0.3 is 5.97 Å². The lowest BCUT2D eigenvalue weighted by molar-refractivity contribution is -0.146. The van der Waals surface area contributed by atoms with E-state index in [1.807, 2.05) is 71.9 Å². The van der Waals surface area contributed by atoms with Crippen LogP contribution in [-0.2, 0) is 19.0 Å². The number of epoxide rings is 1. The second-order valence-electron chi connectivity index (χ2n) is 12.2. The van der Waals surface area contributed by atoms with Gasteiger partial charge in [-0.15, -0.1) is 0 Å². The zero-order valence-electron chi connectivity index (χ0n) is 26.1. The van der Waals surface area contributed by atoms with Crippen molar-refractivity contribution in [1.29, 1.82) is 0 Å². The first-order valence-corrected chi connectivity index (χ1v) is 15.1. The van der Waals surface area contributed by atoms with Gasteiger partial charge in [-0.25, -0.2) is 4.79 Å². The van der Waals surface area contributed by atoms with Crippen molar-refractivity contribution in [1.82, 2.24) is 0 Å². The maximum Gasteiger partial charge on any atom is 0.334 e. The van der Waals surface area contributed by atoms with Crippen LogP contribution in [0.15, 0.2) is 47.6 Å². The molecule has 0 saturated carbocycles. The van der Waals surface area contributed by atoms with Crippen molar-refractivity contribution in [3.63, 3.8) is 0 Å². The standard InChI is InChI=1S/C33H54O8/c1-19-17-21(3)29(36)32-31(41-32)27(35)15-11-12-16-28(40-33(38)22(4)18-19)20(2)13-9-10-14-26(34)24(6)30(37)23(5)25(7)39-8/h9-12,17-18,20-21,23-32,34-37H,13-16H2,1-8H3/b10-9+,12-11+,19-17+,22-18+/t20-,21+,23+,24+,25-,26-,27+,28-,29-,30-,31-,32-/m0/s1. The van der Waals surface area contributed by atoms with Crippen molar-refractivity contribution in [2.75, 3.05) is 7.11 Å². The molecule has 2 rings (SSSR count). The number of esters is 1. The lowest BCUT2D eigenvalue weighted by Gasteiger charge is -2.31. The summed E-state index contributed by atoms with van der Waals surface area (Å²) in [5.74, 6) is -1.01. The van der Waals surface area contributed by atoms with Gasteiger partial charge in [-0.05, 0) is 52.0 Å². The van der Waals surface area contributed by atoms with Crippen LogP contribution in [0.5, 0.6) is 0 Å². The molecule has 0 radical (unpaired) electrons. The number of ether oxygens (including phenoxy) is 3. The summed E-state index contributed by atoms with van der Waals surface area (Å²) in [4.78, 5) is 13.0. The molecule has 2 heterocycles. The summed E-state index contributed by atoms with van der Waals surface area (Å²) in [6, 6.07) is 0. The topological polar surface area (TPSA) is 129 Å². The maximum absolute atomic E-state index is 13.0. The van der Waals surface area contributed by atoms with E-state index in [0.29, 0.717) is 31.3 Å². The van der Waals surface area contributed by atoms with Gasteiger partial charge in [0.05, 0.1) is 30.5 Å². The second kappa shape index (κ2) is 16.7. The molecule has 0 amide bonds. The number of aliphatic hydroxyl groups excluding tert-OH is 4. The number of rotatable bonds is 10. The smallest absolute Gasteiger partial charge is 0.334 e. The highest BCUT2D eigenvalue weighted by molar-refractivity contribution is 5.88. The monoisotopic (exact) mass is 578 g/mol. The zero-order chi connectivity index (χ0) is 30.9. The first-order chi connectivity index (χ1) is 19.3. The van der Waals surface area contributed by atoms with Gasteiger partial charge in [0.1, 0.15) is 18.3 Å². The highest BCUT2D eigenvalue weighted by Crippen LogP contribution is 2.34. The van der Waals surface area contributed by atoms with Crippen LogP contribution in [0, 0.1) is 23.7 Å². The summed E-state index contributed by atoms with van der Waals surface area (Å²) in [5.41, 5.74) is 1.32. The fourth-order valence-electron chi connectivity index (χ4n) is 5.32. The zero-order valence-corrected chi connectivity index (χ0v) is 26.1. The Bertz CT molecular complexity index is 940. The van der Waals surface area contributed by atoms with Gasteiger partial charge in [-0.2, -0.15) is 0 Å². The predicted molar refractivity (Wildman–Crippen MR) is 160 cm³/mol. The highest BCUT2D eigenvalue weighted by Gasteiger charge is 2.49. The SMILES string of the molecule is CO[C@@H](C)[C@@H](C)[C@H](O)[C@H](C)[C@@H](O)C/C=C/C[C@H](C)[C@@H]1C/C=C/C[C@@H](O)[C@@H]2O[C@H]2[C@@H](O)[C@H](C)/C=C(C)/C=C(\C)C(=O)O1. The number of carbonyl (C=O) groups is 1. The lowest BCUT2D eigenvalue weighted by Crippen LogP contribution is -2.38. The van der Waals surface area contributed by atoms with Crippen molar-refractivity contribution >= 4 is 5.97 Å². The largest absolute Gasteiger partial charge is 0.458 e. The normalized spacial score (nSPS) is 36.0. The number of methoxy groups -OCH3 is 1. The minimum Gasteiger partial charge on any atom is -0.458 e. The minimum absolute atomic E-state index is 0.00198. The number of aliphatic hydroxyl groups is 4. The van der Waals surface area contributed by atoms with E-state index in [9.17, 15) is 25.2 Å². The summed E-state index contributed by atoms with van der Waals surface area (Å²) < 4.78 is 16.9. The van der Waals surface area contributed by atoms with E-state index in [4.69, 9.17) is 14.2 Å². The maximum atomic E-state index is 13.0. The van der Waals surface area contributed by atoms with Crippen molar-refractivity contribution in [2.45, 2.75) is 123 Å². The average molecular weight is 579 g/mol. The van der Waals surface area contributed by atoms with E-state index in [1.54, 1.807) is 20.1 Å². The van der Waals surface area contributed by atoms with Crippen molar-refractivity contribution < 1.29 is 39.4 Å². The summed E-state index contributed by atoms with van der Waals surface area (Å²) in [6.45, 7) is 13.2. The fourth-order valence-corrected chi connectivity index (χ4v) is 5.32. The van der Waals surface area contributed by atoms with E-state index < -0.39 is 36.5 Å². The Morgan fingerprint density at radius 2 is 1.63 bits per heavy atom. The van der Waals surface area contributed by atoms with Gasteiger partial charge in [-0.3, -0.25) is 0 Å². The molecular formula is C33H54O8. The summed E-state index contributed by atoms with van der Waals surface area (Å²) in [5, 5.41) is 42.4. The van der Waals surface area contributed by atoms with Crippen LogP contribution in [0.25, 0.3) is 0 Å². The molecule has 4 N–H and O–H groups in total. The van der Waals surface area contributed by atoms with Gasteiger partial charge in [0.2, 0.25) is 0 Å². The van der Waals surface area contributed by atoms with Crippen LogP contribution < -0.4 is 0 Å². The van der Waals surface area contributed by atoms with Crippen LogP contribution >= 0.6 is 0 Å². The van der Waals surface area contributed by atoms with E-state index in [2.05, 4.69) is 0 Å². The van der Waals surface area contributed by atoms with E-state index in [1.165, 1.54) is 0 Å². The number of hydrogen-bond donors (Lipinski definition) is 4. The third-order valence-electron chi connectivity index (χ3n) is 8.76. The van der Waals surface area contributed by atoms with Crippen LogP contribution in [-0.4, -0.2) is 82.3 Å². The van der Waals surface area contributed by atoms with Gasteiger partial charge in [0, 0.05) is 36.9 Å². The van der Waals surface area contributed by atoms with E-state index in [0.717, 1.165) is 5.57 Å². The molecule has 0 unspecified atom stereocenters. The molecule has 8 heteroatoms. The van der Waals surface area contributed by atoms with Crippen LogP contribution in [0.2, 0.25) is 0 Å². The molecule has 2 aliphatic rings. The predicted octanol–water partition coefficient (Wildman–Crippen LogP) is 4.27. The number of cyclic esters (lactones) is 1. The molecule has 0 aromatic heterocycles. The van der Waals surface area contributed by atoms with Gasteiger partial charge in [0.25, 0.3) is 0 Å². The summed E-state index contributed by atoms with van der Waals surface area (Å²) >= 11 is 0. The molecule has 8 nitrogen and oxygen atoms in total. The van der Waals surface area contributed by atoms with Gasteiger partial charge in [-0.1, -0.05) is 63.6 Å². The first-order valence-electron chi connectivity index (χ1n) is 15.1. The van der Waals surface area contributed by atoms with Gasteiger partial charge < -0.3 is 34.6 Å². The molecule has 0 aromatic carbocycles. The molecule has 12 atom stereocenters. The summed E-state index contributed by atoms with van der Waals surface area (Å²) in [7, 11) is 1.61. The Labute approximate surface area is 246 Å². The molecule has 1 fully saturated rings.